The van der Waals surface area contributed by atoms with E-state index >= 15 is 0 Å². The largest absolute Gasteiger partial charge is 0.492 e. The molecule has 0 saturated heterocycles. The van der Waals surface area contributed by atoms with Crippen LogP contribution in [0, 0.1) is 5.82 Å². The molecule has 2 amide bonds. The number of nitrogens with one attached hydrogen (secondary N) is 2. The van der Waals surface area contributed by atoms with Crippen molar-refractivity contribution in [1.29, 1.82) is 0 Å². The van der Waals surface area contributed by atoms with Crippen molar-refractivity contribution < 1.29 is 13.9 Å². The van der Waals surface area contributed by atoms with Crippen molar-refractivity contribution in [3.05, 3.63) is 63.3 Å². The first-order chi connectivity index (χ1) is 11.6. The number of amides is 2. The molecule has 4 nitrogen and oxygen atoms in total. The highest BCUT2D eigenvalue weighted by Crippen LogP contribution is 2.27. The summed E-state index contributed by atoms with van der Waals surface area (Å²) in [7, 11) is 0. The van der Waals surface area contributed by atoms with Crippen LogP contribution in [0.1, 0.15) is 12.0 Å². The van der Waals surface area contributed by atoms with Crippen LogP contribution in [0.5, 0.6) is 5.75 Å². The molecule has 0 heterocycles. The molecule has 0 unspecified atom stereocenters. The number of halogens is 3. The average Bonchev–Trinajstić information content (AvgIpc) is 2.55. The summed E-state index contributed by atoms with van der Waals surface area (Å²) in [4.78, 5) is 11.6. The standard InChI is InChI=1S/C17H17BrClFN2O2/c18-13-6-7-16(14(19)10-13)24-9-3-8-21-17(23)22-11-12-4-1-2-5-15(12)20/h1-2,4-7,10H,3,8-9,11H2,(H2,21,22,23). The van der Waals surface area contributed by atoms with E-state index in [2.05, 4.69) is 26.6 Å². The number of ether oxygens (including phenoxy) is 1. The van der Waals surface area contributed by atoms with Crippen LogP contribution >= 0.6 is 27.5 Å². The van der Waals surface area contributed by atoms with Crippen LogP contribution in [0.2, 0.25) is 5.02 Å². The second-order valence-electron chi connectivity index (χ2n) is 4.98. The third kappa shape index (κ3) is 6.02. The van der Waals surface area contributed by atoms with E-state index in [4.69, 9.17) is 16.3 Å². The van der Waals surface area contributed by atoms with Crippen LogP contribution in [0.15, 0.2) is 46.9 Å². The van der Waals surface area contributed by atoms with Gasteiger partial charge < -0.3 is 15.4 Å². The summed E-state index contributed by atoms with van der Waals surface area (Å²) in [5, 5.41) is 5.82. The molecule has 0 spiro atoms. The fourth-order valence-corrected chi connectivity index (χ4v) is 2.66. The van der Waals surface area contributed by atoms with Gasteiger partial charge in [-0.25, -0.2) is 9.18 Å². The summed E-state index contributed by atoms with van der Waals surface area (Å²) in [6, 6.07) is 11.4. The third-order valence-electron chi connectivity index (χ3n) is 3.16. The lowest BCUT2D eigenvalue weighted by atomic mass is 10.2. The molecule has 2 N–H and O–H groups in total. The summed E-state index contributed by atoms with van der Waals surface area (Å²) in [6.45, 7) is 1.01. The van der Waals surface area contributed by atoms with Crippen molar-refractivity contribution in [1.82, 2.24) is 10.6 Å². The lowest BCUT2D eigenvalue weighted by Gasteiger charge is -2.10. The summed E-state index contributed by atoms with van der Waals surface area (Å²) in [6.07, 6.45) is 0.625. The van der Waals surface area contributed by atoms with E-state index in [1.165, 1.54) is 6.07 Å². The maximum Gasteiger partial charge on any atom is 0.315 e. The zero-order valence-corrected chi connectivity index (χ0v) is 15.2. The highest BCUT2D eigenvalue weighted by molar-refractivity contribution is 9.10. The molecular formula is C17H17BrClFN2O2. The lowest BCUT2D eigenvalue weighted by molar-refractivity contribution is 0.238. The maximum atomic E-state index is 13.4. The summed E-state index contributed by atoms with van der Waals surface area (Å²) in [5.41, 5.74) is 0.445. The predicted molar refractivity (Wildman–Crippen MR) is 95.9 cm³/mol. The number of rotatable bonds is 7. The van der Waals surface area contributed by atoms with Crippen LogP contribution in [-0.2, 0) is 6.54 Å². The molecule has 0 aliphatic rings. The zero-order chi connectivity index (χ0) is 17.4. The van der Waals surface area contributed by atoms with Crippen molar-refractivity contribution in [3.8, 4) is 5.75 Å². The van der Waals surface area contributed by atoms with Gasteiger partial charge in [0.1, 0.15) is 11.6 Å². The van der Waals surface area contributed by atoms with Gasteiger partial charge in [0.15, 0.2) is 0 Å². The Balaban J connectivity index is 1.62. The molecule has 24 heavy (non-hydrogen) atoms. The quantitative estimate of drug-likeness (QED) is 0.654. The maximum absolute atomic E-state index is 13.4. The Kier molecular flexibility index (Phi) is 7.34. The molecule has 0 atom stereocenters. The molecule has 0 aromatic heterocycles. The molecule has 0 fully saturated rings. The van der Waals surface area contributed by atoms with Crippen LogP contribution < -0.4 is 15.4 Å². The highest BCUT2D eigenvalue weighted by atomic mass is 79.9. The first-order valence-corrected chi connectivity index (χ1v) is 8.56. The molecule has 2 rings (SSSR count). The molecular weight excluding hydrogens is 399 g/mol. The Morgan fingerprint density at radius 1 is 1.21 bits per heavy atom. The van der Waals surface area contributed by atoms with Crippen LogP contribution in [-0.4, -0.2) is 19.2 Å². The van der Waals surface area contributed by atoms with Gasteiger partial charge in [-0.1, -0.05) is 45.7 Å². The molecule has 128 valence electrons. The fourth-order valence-electron chi connectivity index (χ4n) is 1.93. The zero-order valence-electron chi connectivity index (χ0n) is 12.8. The van der Waals surface area contributed by atoms with Crippen molar-refractivity contribution in [2.45, 2.75) is 13.0 Å². The minimum Gasteiger partial charge on any atom is -0.492 e. The minimum absolute atomic E-state index is 0.142. The fraction of sp³-hybridized carbons (Fsp3) is 0.235. The number of hydrogen-bond donors (Lipinski definition) is 2. The molecule has 0 radical (unpaired) electrons. The Morgan fingerprint density at radius 3 is 2.75 bits per heavy atom. The second kappa shape index (κ2) is 9.49. The first kappa shape index (κ1) is 18.5. The van der Waals surface area contributed by atoms with Crippen LogP contribution in [0.3, 0.4) is 0 Å². The van der Waals surface area contributed by atoms with Crippen molar-refractivity contribution >= 4 is 33.6 Å². The summed E-state index contributed by atoms with van der Waals surface area (Å²) < 4.78 is 19.8. The number of urea groups is 1. The average molecular weight is 416 g/mol. The van der Waals surface area contributed by atoms with E-state index in [-0.39, 0.29) is 18.4 Å². The van der Waals surface area contributed by atoms with Gasteiger partial charge >= 0.3 is 6.03 Å². The Hall–Kier alpha value is -1.79. The van der Waals surface area contributed by atoms with Crippen LogP contribution in [0.25, 0.3) is 0 Å². The van der Waals surface area contributed by atoms with Crippen molar-refractivity contribution in [3.63, 3.8) is 0 Å². The normalized spacial score (nSPS) is 10.3. The van der Waals surface area contributed by atoms with E-state index in [1.807, 2.05) is 6.07 Å². The molecule has 2 aromatic carbocycles. The molecule has 0 saturated carbocycles. The molecule has 0 aliphatic carbocycles. The van der Waals surface area contributed by atoms with Crippen LogP contribution in [0.4, 0.5) is 9.18 Å². The SMILES string of the molecule is O=C(NCCCOc1ccc(Br)cc1Cl)NCc1ccccc1F. The molecule has 7 heteroatoms. The molecule has 0 aliphatic heterocycles. The van der Waals surface area contributed by atoms with Gasteiger partial charge in [0.25, 0.3) is 0 Å². The number of benzene rings is 2. The van der Waals surface area contributed by atoms with Gasteiger partial charge in [-0.15, -0.1) is 0 Å². The lowest BCUT2D eigenvalue weighted by Crippen LogP contribution is -2.36. The summed E-state index contributed by atoms with van der Waals surface area (Å²) in [5.74, 6) is 0.265. The summed E-state index contributed by atoms with van der Waals surface area (Å²) >= 11 is 9.36. The van der Waals surface area contributed by atoms with E-state index < -0.39 is 0 Å². The predicted octanol–water partition coefficient (Wildman–Crippen LogP) is 4.51. The molecule has 0 bridgehead atoms. The smallest absolute Gasteiger partial charge is 0.315 e. The van der Waals surface area contributed by atoms with Gasteiger partial charge in [-0.2, -0.15) is 0 Å². The Labute approximate surface area is 153 Å². The number of hydrogen-bond acceptors (Lipinski definition) is 2. The van der Waals surface area contributed by atoms with Gasteiger partial charge in [0.05, 0.1) is 11.6 Å². The van der Waals surface area contributed by atoms with E-state index in [0.29, 0.717) is 35.9 Å². The van der Waals surface area contributed by atoms with E-state index in [1.54, 1.807) is 30.3 Å². The van der Waals surface area contributed by atoms with Crippen molar-refractivity contribution in [2.24, 2.45) is 0 Å². The molecule has 2 aromatic rings. The number of carbonyl (C=O) groups excluding carboxylic acids is 1. The minimum atomic E-state index is -0.347. The van der Waals surface area contributed by atoms with Gasteiger partial charge in [0.2, 0.25) is 0 Å². The topological polar surface area (TPSA) is 50.4 Å². The van der Waals surface area contributed by atoms with Gasteiger partial charge in [-0.05, 0) is 30.7 Å². The van der Waals surface area contributed by atoms with Gasteiger partial charge in [0, 0.05) is 23.1 Å². The van der Waals surface area contributed by atoms with Crippen molar-refractivity contribution in [2.75, 3.05) is 13.2 Å². The Bertz CT molecular complexity index is 700. The first-order valence-electron chi connectivity index (χ1n) is 7.39. The highest BCUT2D eigenvalue weighted by Gasteiger charge is 2.04. The van der Waals surface area contributed by atoms with E-state index in [9.17, 15) is 9.18 Å². The Morgan fingerprint density at radius 2 is 2.00 bits per heavy atom. The van der Waals surface area contributed by atoms with Gasteiger partial charge in [-0.3, -0.25) is 0 Å². The van der Waals surface area contributed by atoms with E-state index in [0.717, 1.165) is 4.47 Å². The second-order valence-corrected chi connectivity index (χ2v) is 6.30. The third-order valence-corrected chi connectivity index (χ3v) is 3.94. The number of carbonyl (C=O) groups is 1. The monoisotopic (exact) mass is 414 g/mol.